The minimum atomic E-state index is -0.0527. The first-order chi connectivity index (χ1) is 6.18. The lowest BCUT2D eigenvalue weighted by molar-refractivity contribution is 0.101. The van der Waals surface area contributed by atoms with Crippen molar-refractivity contribution in [2.24, 2.45) is 0 Å². The van der Waals surface area contributed by atoms with Gasteiger partial charge in [-0.2, -0.15) is 0 Å². The maximum atomic E-state index is 11.0. The van der Waals surface area contributed by atoms with Crippen LogP contribution in [0.1, 0.15) is 17.4 Å². The van der Waals surface area contributed by atoms with Crippen LogP contribution in [-0.4, -0.2) is 15.2 Å². The van der Waals surface area contributed by atoms with E-state index >= 15 is 0 Å². The zero-order chi connectivity index (χ0) is 9.42. The van der Waals surface area contributed by atoms with Crippen molar-refractivity contribution in [2.75, 3.05) is 5.73 Å². The average Bonchev–Trinajstić information content (AvgIpc) is 2.49. The lowest BCUT2D eigenvalue weighted by Crippen LogP contribution is -1.94. The summed E-state index contributed by atoms with van der Waals surface area (Å²) >= 11 is 0. The minimum Gasteiger partial charge on any atom is -0.385 e. The Bertz CT molecular complexity index is 473. The highest BCUT2D eigenvalue weighted by Crippen LogP contribution is 2.10. The molecule has 0 saturated heterocycles. The van der Waals surface area contributed by atoms with Crippen LogP contribution in [0.4, 0.5) is 5.82 Å². The van der Waals surface area contributed by atoms with Gasteiger partial charge in [-0.05, 0) is 12.1 Å². The van der Waals surface area contributed by atoms with Gasteiger partial charge >= 0.3 is 0 Å². The Morgan fingerprint density at radius 1 is 1.54 bits per heavy atom. The van der Waals surface area contributed by atoms with E-state index in [1.807, 2.05) is 12.1 Å². The summed E-state index contributed by atoms with van der Waals surface area (Å²) in [5.41, 5.74) is 6.82. The van der Waals surface area contributed by atoms with Gasteiger partial charge in [0.15, 0.2) is 5.78 Å². The van der Waals surface area contributed by atoms with Crippen LogP contribution in [0.25, 0.3) is 5.65 Å². The topological polar surface area (TPSA) is 60.4 Å². The zero-order valence-electron chi connectivity index (χ0n) is 7.19. The molecule has 0 aliphatic rings. The molecule has 2 N–H and O–H groups in total. The molecule has 0 aliphatic carbocycles. The number of hydrogen-bond donors (Lipinski definition) is 1. The number of Topliss-reactive ketones (excluding diaryl/α,β-unsaturated/α-hetero) is 1. The molecule has 2 aromatic rings. The van der Waals surface area contributed by atoms with Crippen LogP contribution in [0.15, 0.2) is 24.4 Å². The summed E-state index contributed by atoms with van der Waals surface area (Å²) in [4.78, 5) is 15.1. The third-order valence-corrected chi connectivity index (χ3v) is 1.88. The van der Waals surface area contributed by atoms with Crippen LogP contribution >= 0.6 is 0 Å². The molecular weight excluding hydrogens is 166 g/mol. The van der Waals surface area contributed by atoms with Crippen molar-refractivity contribution in [3.63, 3.8) is 0 Å². The van der Waals surface area contributed by atoms with Gasteiger partial charge in [0, 0.05) is 13.1 Å². The molecule has 0 radical (unpaired) electrons. The van der Waals surface area contributed by atoms with E-state index in [9.17, 15) is 4.79 Å². The van der Waals surface area contributed by atoms with Gasteiger partial charge in [-0.15, -0.1) is 0 Å². The highest BCUT2D eigenvalue weighted by atomic mass is 16.1. The average molecular weight is 175 g/mol. The number of nitrogen functional groups attached to an aromatic ring is 1. The summed E-state index contributed by atoms with van der Waals surface area (Å²) in [7, 11) is 0. The van der Waals surface area contributed by atoms with Gasteiger partial charge in [-0.25, -0.2) is 4.98 Å². The maximum absolute atomic E-state index is 11.0. The molecule has 0 fully saturated rings. The van der Waals surface area contributed by atoms with Crippen molar-refractivity contribution in [3.05, 3.63) is 30.1 Å². The SMILES string of the molecule is CC(=O)c1cn2c(N)cccc2n1. The van der Waals surface area contributed by atoms with Crippen molar-refractivity contribution in [1.29, 1.82) is 0 Å². The fourth-order valence-electron chi connectivity index (χ4n) is 1.20. The maximum Gasteiger partial charge on any atom is 0.179 e. The molecule has 0 bridgehead atoms. The Kier molecular flexibility index (Phi) is 1.55. The number of nitrogens with two attached hydrogens (primary N) is 1. The number of anilines is 1. The van der Waals surface area contributed by atoms with Crippen molar-refractivity contribution in [3.8, 4) is 0 Å². The van der Waals surface area contributed by atoms with E-state index in [-0.39, 0.29) is 5.78 Å². The summed E-state index contributed by atoms with van der Waals surface area (Å²) in [6.45, 7) is 1.48. The van der Waals surface area contributed by atoms with Gasteiger partial charge in [0.1, 0.15) is 17.2 Å². The van der Waals surface area contributed by atoms with Crippen LogP contribution in [-0.2, 0) is 0 Å². The summed E-state index contributed by atoms with van der Waals surface area (Å²) in [6.07, 6.45) is 1.65. The van der Waals surface area contributed by atoms with Gasteiger partial charge in [-0.3, -0.25) is 9.20 Å². The number of nitrogens with zero attached hydrogens (tertiary/aromatic N) is 2. The third-order valence-electron chi connectivity index (χ3n) is 1.88. The van der Waals surface area contributed by atoms with Crippen LogP contribution in [0.3, 0.4) is 0 Å². The molecule has 13 heavy (non-hydrogen) atoms. The molecule has 0 aliphatic heterocycles. The zero-order valence-corrected chi connectivity index (χ0v) is 7.19. The molecule has 0 atom stereocenters. The Morgan fingerprint density at radius 2 is 2.31 bits per heavy atom. The molecule has 4 heteroatoms. The molecule has 0 unspecified atom stereocenters. The molecule has 66 valence electrons. The molecule has 0 saturated carbocycles. The van der Waals surface area contributed by atoms with Gasteiger partial charge in [0.25, 0.3) is 0 Å². The van der Waals surface area contributed by atoms with Gasteiger partial charge in [0.05, 0.1) is 0 Å². The van der Waals surface area contributed by atoms with Gasteiger partial charge < -0.3 is 5.73 Å². The molecule has 0 amide bonds. The van der Waals surface area contributed by atoms with Crippen molar-refractivity contribution >= 4 is 17.2 Å². The number of hydrogen-bond acceptors (Lipinski definition) is 3. The van der Waals surface area contributed by atoms with E-state index in [2.05, 4.69) is 4.98 Å². The van der Waals surface area contributed by atoms with Crippen molar-refractivity contribution in [1.82, 2.24) is 9.38 Å². The Morgan fingerprint density at radius 3 is 2.92 bits per heavy atom. The molecular formula is C9H9N3O. The highest BCUT2D eigenvalue weighted by molar-refractivity contribution is 5.92. The third kappa shape index (κ3) is 1.16. The smallest absolute Gasteiger partial charge is 0.179 e. The van der Waals surface area contributed by atoms with Gasteiger partial charge in [0.2, 0.25) is 0 Å². The fraction of sp³-hybridized carbons (Fsp3) is 0.111. The quantitative estimate of drug-likeness (QED) is 0.660. The number of carbonyl (C=O) groups is 1. The predicted octanol–water partition coefficient (Wildman–Crippen LogP) is 1.12. The van der Waals surface area contributed by atoms with Gasteiger partial charge in [-0.1, -0.05) is 6.07 Å². The van der Waals surface area contributed by atoms with Crippen molar-refractivity contribution < 1.29 is 4.79 Å². The van der Waals surface area contributed by atoms with E-state index < -0.39 is 0 Å². The number of pyridine rings is 1. The lowest BCUT2D eigenvalue weighted by atomic mass is 10.3. The first-order valence-corrected chi connectivity index (χ1v) is 3.93. The van der Waals surface area contributed by atoms with Crippen LogP contribution in [0, 0.1) is 0 Å². The summed E-state index contributed by atoms with van der Waals surface area (Å²) in [5.74, 6) is 0.528. The second-order valence-corrected chi connectivity index (χ2v) is 2.86. The minimum absolute atomic E-state index is 0.0527. The summed E-state index contributed by atoms with van der Waals surface area (Å²) in [6, 6.07) is 5.38. The van der Waals surface area contributed by atoms with E-state index in [1.54, 1.807) is 16.7 Å². The second-order valence-electron chi connectivity index (χ2n) is 2.86. The molecule has 4 nitrogen and oxygen atoms in total. The second kappa shape index (κ2) is 2.58. The number of imidazole rings is 1. The first-order valence-electron chi connectivity index (χ1n) is 3.93. The largest absolute Gasteiger partial charge is 0.385 e. The Labute approximate surface area is 75.0 Å². The Balaban J connectivity index is 2.75. The number of fused-ring (bicyclic) bond motifs is 1. The summed E-state index contributed by atoms with van der Waals surface area (Å²) in [5, 5.41) is 0. The van der Waals surface area contributed by atoms with Crippen molar-refractivity contribution in [2.45, 2.75) is 6.92 Å². The molecule has 0 spiro atoms. The Hall–Kier alpha value is -1.84. The highest BCUT2D eigenvalue weighted by Gasteiger charge is 2.06. The van der Waals surface area contributed by atoms with E-state index in [1.165, 1.54) is 6.92 Å². The normalized spacial score (nSPS) is 10.5. The lowest BCUT2D eigenvalue weighted by Gasteiger charge is -1.95. The fourth-order valence-corrected chi connectivity index (χ4v) is 1.20. The number of rotatable bonds is 1. The van der Waals surface area contributed by atoms with E-state index in [0.717, 1.165) is 0 Å². The molecule has 2 aromatic heterocycles. The molecule has 0 aromatic carbocycles. The first kappa shape index (κ1) is 7.79. The van der Waals surface area contributed by atoms with E-state index in [0.29, 0.717) is 17.2 Å². The molecule has 2 heterocycles. The predicted molar refractivity (Wildman–Crippen MR) is 49.6 cm³/mol. The number of aromatic nitrogens is 2. The van der Waals surface area contributed by atoms with Crippen LogP contribution < -0.4 is 5.73 Å². The standard InChI is InChI=1S/C9H9N3O/c1-6(13)7-5-12-8(10)3-2-4-9(12)11-7/h2-5H,10H2,1H3. The monoisotopic (exact) mass is 175 g/mol. The van der Waals surface area contributed by atoms with Crippen LogP contribution in [0.5, 0.6) is 0 Å². The van der Waals surface area contributed by atoms with Crippen LogP contribution in [0.2, 0.25) is 0 Å². The number of ketones is 1. The van der Waals surface area contributed by atoms with E-state index in [4.69, 9.17) is 5.73 Å². The number of carbonyl (C=O) groups excluding carboxylic acids is 1. The summed E-state index contributed by atoms with van der Waals surface area (Å²) < 4.78 is 1.69. The molecule has 2 rings (SSSR count).